The van der Waals surface area contributed by atoms with E-state index in [1.807, 2.05) is 68.4 Å². The molecule has 0 unspecified atom stereocenters. The van der Waals surface area contributed by atoms with Gasteiger partial charge in [0, 0.05) is 17.5 Å². The van der Waals surface area contributed by atoms with Crippen molar-refractivity contribution in [1.29, 1.82) is 0 Å². The summed E-state index contributed by atoms with van der Waals surface area (Å²) in [7, 11) is 0. The van der Waals surface area contributed by atoms with Crippen molar-refractivity contribution in [1.82, 2.24) is 19.6 Å². The van der Waals surface area contributed by atoms with E-state index in [4.69, 9.17) is 0 Å². The highest BCUT2D eigenvalue weighted by Gasteiger charge is 2.14. The lowest BCUT2D eigenvalue weighted by Gasteiger charge is -2.04. The van der Waals surface area contributed by atoms with Gasteiger partial charge in [0.05, 0.1) is 5.69 Å². The van der Waals surface area contributed by atoms with Gasteiger partial charge < -0.3 is 0 Å². The third-order valence-corrected chi connectivity index (χ3v) is 4.34. The highest BCUT2D eigenvalue weighted by Crippen LogP contribution is 2.16. The molecule has 25 heavy (non-hydrogen) atoms. The molecule has 0 saturated heterocycles. The average molecular weight is 330 g/mol. The van der Waals surface area contributed by atoms with E-state index in [0.29, 0.717) is 23.6 Å². The Morgan fingerprint density at radius 3 is 2.40 bits per heavy atom. The van der Waals surface area contributed by atoms with Crippen LogP contribution in [0.4, 0.5) is 0 Å². The fourth-order valence-corrected chi connectivity index (χ4v) is 2.90. The average Bonchev–Trinajstić information content (AvgIpc) is 3.04. The quantitative estimate of drug-likeness (QED) is 0.627. The second-order valence-electron chi connectivity index (χ2n) is 6.22. The largest absolute Gasteiger partial charge is 0.277 e. The van der Waals surface area contributed by atoms with Crippen LogP contribution in [0.5, 0.6) is 0 Å². The summed E-state index contributed by atoms with van der Waals surface area (Å²) in [4.78, 5) is 21.9. The van der Waals surface area contributed by atoms with Crippen molar-refractivity contribution in [3.8, 4) is 11.4 Å². The van der Waals surface area contributed by atoms with Crippen LogP contribution in [0.15, 0.2) is 59.4 Å². The van der Waals surface area contributed by atoms with Gasteiger partial charge in [0.2, 0.25) is 0 Å². The molecule has 0 amide bonds. The second-order valence-corrected chi connectivity index (χ2v) is 6.22. The van der Waals surface area contributed by atoms with Crippen LogP contribution in [0.1, 0.15) is 22.4 Å². The fraction of sp³-hybridized carbons (Fsp3) is 0.150. The summed E-state index contributed by atoms with van der Waals surface area (Å²) >= 11 is 0. The number of fused-ring (bicyclic) bond motifs is 1. The number of aryl methyl sites for hydroxylation is 2. The normalized spacial score (nSPS) is 11.1. The summed E-state index contributed by atoms with van der Waals surface area (Å²) in [5.41, 5.74) is 4.49. The molecule has 124 valence electrons. The Kier molecular flexibility index (Phi) is 3.69. The first kappa shape index (κ1) is 15.3. The molecule has 5 nitrogen and oxygen atoms in total. The van der Waals surface area contributed by atoms with Gasteiger partial charge in [-0.3, -0.25) is 9.89 Å². The molecule has 0 spiro atoms. The maximum Gasteiger partial charge on any atom is 0.277 e. The maximum absolute atomic E-state index is 12.9. The molecule has 4 rings (SSSR count). The van der Waals surface area contributed by atoms with Crippen LogP contribution in [0.2, 0.25) is 0 Å². The smallest absolute Gasteiger partial charge is 0.271 e. The van der Waals surface area contributed by atoms with Gasteiger partial charge in [-0.15, -0.1) is 0 Å². The first-order valence-corrected chi connectivity index (χ1v) is 8.21. The van der Waals surface area contributed by atoms with Crippen LogP contribution in [-0.2, 0) is 6.42 Å². The molecule has 1 N–H and O–H groups in total. The van der Waals surface area contributed by atoms with Gasteiger partial charge in [-0.05, 0) is 19.4 Å². The molecule has 2 heterocycles. The van der Waals surface area contributed by atoms with Crippen LogP contribution in [-0.4, -0.2) is 19.6 Å². The molecule has 0 fully saturated rings. The first-order chi connectivity index (χ1) is 12.1. The first-order valence-electron chi connectivity index (χ1n) is 8.21. The lowest BCUT2D eigenvalue weighted by atomic mass is 10.1. The van der Waals surface area contributed by atoms with E-state index in [9.17, 15) is 4.79 Å². The van der Waals surface area contributed by atoms with E-state index >= 15 is 0 Å². The van der Waals surface area contributed by atoms with Crippen molar-refractivity contribution >= 4 is 5.78 Å². The van der Waals surface area contributed by atoms with Gasteiger partial charge >= 0.3 is 0 Å². The minimum absolute atomic E-state index is 0.0998. The molecule has 0 bridgehead atoms. The number of H-pyrrole nitrogens is 1. The van der Waals surface area contributed by atoms with Crippen molar-refractivity contribution < 1.29 is 0 Å². The number of nitrogens with zero attached hydrogens (tertiary/aromatic N) is 3. The van der Waals surface area contributed by atoms with Crippen LogP contribution >= 0.6 is 0 Å². The van der Waals surface area contributed by atoms with E-state index in [1.165, 1.54) is 10.1 Å². The molecular formula is C20H18N4O. The van der Waals surface area contributed by atoms with E-state index in [0.717, 1.165) is 16.8 Å². The SMILES string of the molecule is Cc1ccc(-c2nc3nc(C)c(Cc4ccccc4)c(=O)n3[nH]2)cc1. The third-order valence-electron chi connectivity index (χ3n) is 4.34. The van der Waals surface area contributed by atoms with E-state index < -0.39 is 0 Å². The van der Waals surface area contributed by atoms with E-state index in [1.54, 1.807) is 0 Å². The Morgan fingerprint density at radius 2 is 1.68 bits per heavy atom. The number of aromatic amines is 1. The van der Waals surface area contributed by atoms with Crippen molar-refractivity contribution in [2.24, 2.45) is 0 Å². The summed E-state index contributed by atoms with van der Waals surface area (Å²) in [6.45, 7) is 3.90. The highest BCUT2D eigenvalue weighted by molar-refractivity contribution is 5.57. The number of hydrogen-bond donors (Lipinski definition) is 1. The Morgan fingerprint density at radius 1 is 0.960 bits per heavy atom. The van der Waals surface area contributed by atoms with Gasteiger partial charge in [0.25, 0.3) is 11.3 Å². The molecule has 0 aliphatic rings. The van der Waals surface area contributed by atoms with Gasteiger partial charge in [0.1, 0.15) is 0 Å². The molecule has 0 aliphatic carbocycles. The highest BCUT2D eigenvalue weighted by atomic mass is 16.1. The Labute approximate surface area is 145 Å². The van der Waals surface area contributed by atoms with Crippen molar-refractivity contribution in [3.63, 3.8) is 0 Å². The monoisotopic (exact) mass is 330 g/mol. The molecule has 4 aromatic rings. The van der Waals surface area contributed by atoms with Gasteiger partial charge in [0.15, 0.2) is 5.82 Å². The Hall–Kier alpha value is -3.21. The summed E-state index contributed by atoms with van der Waals surface area (Å²) < 4.78 is 1.43. The van der Waals surface area contributed by atoms with Crippen LogP contribution in [0, 0.1) is 13.8 Å². The molecule has 5 heteroatoms. The van der Waals surface area contributed by atoms with Crippen molar-refractivity contribution in [2.75, 3.05) is 0 Å². The van der Waals surface area contributed by atoms with E-state index in [2.05, 4.69) is 15.1 Å². The van der Waals surface area contributed by atoms with Crippen molar-refractivity contribution in [2.45, 2.75) is 20.3 Å². The number of aromatic nitrogens is 4. The minimum atomic E-state index is -0.0998. The van der Waals surface area contributed by atoms with E-state index in [-0.39, 0.29) is 5.56 Å². The lowest BCUT2D eigenvalue weighted by Crippen LogP contribution is -2.22. The molecule has 2 aromatic heterocycles. The van der Waals surface area contributed by atoms with Gasteiger partial charge in [-0.25, -0.2) is 4.98 Å². The summed E-state index contributed by atoms with van der Waals surface area (Å²) in [5, 5.41) is 3.08. The maximum atomic E-state index is 12.9. The standard InChI is InChI=1S/C20H18N4O/c1-13-8-10-16(11-9-13)18-22-20-21-14(2)17(19(25)24(20)23-18)12-15-6-4-3-5-7-15/h3-11H,12H2,1-2H3,(H,21,22,23). The number of nitrogens with one attached hydrogen (secondary N) is 1. The molecule has 2 aromatic carbocycles. The van der Waals surface area contributed by atoms with Gasteiger partial charge in [-0.1, -0.05) is 60.2 Å². The molecule has 0 aliphatic heterocycles. The van der Waals surface area contributed by atoms with Crippen LogP contribution in [0.3, 0.4) is 0 Å². The number of benzene rings is 2. The number of hydrogen-bond acceptors (Lipinski definition) is 3. The Balaban J connectivity index is 1.82. The topological polar surface area (TPSA) is 63.1 Å². The lowest BCUT2D eigenvalue weighted by molar-refractivity contribution is 0.861. The summed E-state index contributed by atoms with van der Waals surface area (Å²) in [6.07, 6.45) is 0.556. The molecular weight excluding hydrogens is 312 g/mol. The van der Waals surface area contributed by atoms with Crippen molar-refractivity contribution in [3.05, 3.63) is 87.3 Å². The van der Waals surface area contributed by atoms with Crippen LogP contribution < -0.4 is 5.56 Å². The molecule has 0 atom stereocenters. The predicted octanol–water partition coefficient (Wildman–Crippen LogP) is 3.29. The summed E-state index contributed by atoms with van der Waals surface area (Å²) in [5.74, 6) is 1.04. The zero-order chi connectivity index (χ0) is 17.4. The third kappa shape index (κ3) is 2.85. The predicted molar refractivity (Wildman–Crippen MR) is 97.8 cm³/mol. The zero-order valence-corrected chi connectivity index (χ0v) is 14.2. The molecule has 0 saturated carbocycles. The van der Waals surface area contributed by atoms with Gasteiger partial charge in [-0.2, -0.15) is 9.50 Å². The second kappa shape index (κ2) is 6.02. The fourth-order valence-electron chi connectivity index (χ4n) is 2.90. The summed E-state index contributed by atoms with van der Waals surface area (Å²) in [6, 6.07) is 17.9. The van der Waals surface area contributed by atoms with Crippen LogP contribution in [0.25, 0.3) is 17.2 Å². The number of rotatable bonds is 3. The Bertz CT molecular complexity index is 1090. The minimum Gasteiger partial charge on any atom is -0.271 e. The zero-order valence-electron chi connectivity index (χ0n) is 14.2. The molecule has 0 radical (unpaired) electrons.